The molecule has 0 radical (unpaired) electrons. The zero-order valence-electron chi connectivity index (χ0n) is 27.2. The van der Waals surface area contributed by atoms with Gasteiger partial charge in [0.25, 0.3) is 0 Å². The van der Waals surface area contributed by atoms with Crippen LogP contribution in [0.2, 0.25) is 0 Å². The van der Waals surface area contributed by atoms with E-state index in [0.29, 0.717) is 0 Å². The van der Waals surface area contributed by atoms with E-state index in [1.807, 2.05) is 12.2 Å². The Labute approximate surface area is 241 Å². The van der Waals surface area contributed by atoms with E-state index < -0.39 is 0 Å². The van der Waals surface area contributed by atoms with E-state index in [2.05, 4.69) is 41.5 Å². The molecule has 1 heteroatoms. The average Bonchev–Trinajstić information content (AvgIpc) is 2.86. The molecule has 0 aromatic heterocycles. The molecule has 0 aromatic rings. The van der Waals surface area contributed by atoms with Crippen molar-refractivity contribution in [1.82, 2.24) is 0 Å². The van der Waals surface area contributed by atoms with Crippen molar-refractivity contribution in [2.24, 2.45) is 11.8 Å². The number of ketones is 1. The minimum atomic E-state index is 0.267. The van der Waals surface area contributed by atoms with Gasteiger partial charge in [0.1, 0.15) is 0 Å². The third-order valence-electron chi connectivity index (χ3n) is 7.95. The van der Waals surface area contributed by atoms with Crippen LogP contribution in [-0.2, 0) is 4.79 Å². The van der Waals surface area contributed by atoms with Crippen molar-refractivity contribution in [3.05, 3.63) is 23.3 Å². The summed E-state index contributed by atoms with van der Waals surface area (Å²) in [5, 5.41) is 0. The number of carbonyl (C=O) groups excluding carboxylic acids is 1. The molecule has 224 valence electrons. The Morgan fingerprint density at radius 1 is 0.447 bits per heavy atom. The Hall–Kier alpha value is -0.850. The predicted octanol–water partition coefficient (Wildman–Crippen LogP) is 13.1. The van der Waals surface area contributed by atoms with Crippen LogP contribution in [0.15, 0.2) is 23.3 Å². The molecule has 0 fully saturated rings. The largest absolute Gasteiger partial charge is 0.290 e. The summed E-state index contributed by atoms with van der Waals surface area (Å²) in [6.07, 6.45) is 35.1. The molecule has 0 heterocycles. The molecule has 1 nitrogen and oxygen atoms in total. The lowest BCUT2D eigenvalue weighted by Crippen LogP contribution is -1.98. The van der Waals surface area contributed by atoms with E-state index in [0.717, 1.165) is 37.5 Å². The first-order valence-corrected chi connectivity index (χ1v) is 17.3. The van der Waals surface area contributed by atoms with Gasteiger partial charge in [-0.15, -0.1) is 0 Å². The number of hydrogen-bond acceptors (Lipinski definition) is 1. The van der Waals surface area contributed by atoms with Gasteiger partial charge in [0.15, 0.2) is 5.78 Å². The number of allylic oxidation sites excluding steroid dienone is 4. The molecule has 0 atom stereocenters. The van der Waals surface area contributed by atoms with Gasteiger partial charge in [-0.25, -0.2) is 0 Å². The third kappa shape index (κ3) is 26.7. The lowest BCUT2D eigenvalue weighted by Gasteiger charge is -2.11. The first kappa shape index (κ1) is 37.1. The molecule has 0 saturated heterocycles. The summed E-state index contributed by atoms with van der Waals surface area (Å²) in [7, 11) is 0. The highest BCUT2D eigenvalue weighted by Crippen LogP contribution is 2.22. The van der Waals surface area contributed by atoms with E-state index >= 15 is 0 Å². The van der Waals surface area contributed by atoms with Crippen molar-refractivity contribution in [3.63, 3.8) is 0 Å². The lowest BCUT2D eigenvalue weighted by atomic mass is 9.95. The molecule has 0 saturated carbocycles. The molecule has 0 unspecified atom stereocenters. The summed E-state index contributed by atoms with van der Waals surface area (Å²) in [6, 6.07) is 0. The average molecular weight is 531 g/mol. The van der Waals surface area contributed by atoms with E-state index in [-0.39, 0.29) is 5.78 Å². The van der Waals surface area contributed by atoms with Gasteiger partial charge in [0.2, 0.25) is 0 Å². The SMILES string of the molecule is CCCCCCCCCCC(=CC(=O)C=C(CCCCCCCCCC)CCCC(C)C)CCCC(C)C. The van der Waals surface area contributed by atoms with Gasteiger partial charge >= 0.3 is 0 Å². The van der Waals surface area contributed by atoms with Gasteiger partial charge in [0, 0.05) is 0 Å². The van der Waals surface area contributed by atoms with E-state index in [1.165, 1.54) is 140 Å². The smallest absolute Gasteiger partial charge is 0.178 e. The maximum absolute atomic E-state index is 13.2. The van der Waals surface area contributed by atoms with Crippen molar-refractivity contribution in [2.75, 3.05) is 0 Å². The quantitative estimate of drug-likeness (QED) is 0.0726. The zero-order valence-corrected chi connectivity index (χ0v) is 27.2. The van der Waals surface area contributed by atoms with E-state index in [4.69, 9.17) is 0 Å². The van der Waals surface area contributed by atoms with Crippen LogP contribution < -0.4 is 0 Å². The van der Waals surface area contributed by atoms with Crippen molar-refractivity contribution in [3.8, 4) is 0 Å². The predicted molar refractivity (Wildman–Crippen MR) is 173 cm³/mol. The standard InChI is InChI=1S/C37H70O/c1-7-9-11-13-15-17-19-21-27-35(29-23-25-33(3)4)31-37(38)32-36(30-24-26-34(5)6)28-22-20-18-16-14-12-10-8-2/h31-34H,7-30H2,1-6H3. The maximum atomic E-state index is 13.2. The van der Waals surface area contributed by atoms with Gasteiger partial charge in [0.05, 0.1) is 0 Å². The normalized spacial score (nSPS) is 12.7. The van der Waals surface area contributed by atoms with Crippen LogP contribution in [0.4, 0.5) is 0 Å². The monoisotopic (exact) mass is 531 g/mol. The lowest BCUT2D eigenvalue weighted by molar-refractivity contribution is -0.110. The second-order valence-corrected chi connectivity index (χ2v) is 13.0. The molecule has 0 bridgehead atoms. The molecule has 0 aliphatic rings. The number of hydrogen-bond donors (Lipinski definition) is 0. The van der Waals surface area contributed by atoms with Gasteiger partial charge in [-0.3, -0.25) is 4.79 Å². The Morgan fingerprint density at radius 2 is 0.737 bits per heavy atom. The Balaban J connectivity index is 4.88. The molecule has 0 aliphatic heterocycles. The fraction of sp³-hybridized carbons (Fsp3) is 0.865. The van der Waals surface area contributed by atoms with Crippen LogP contribution in [-0.4, -0.2) is 5.78 Å². The summed E-state index contributed by atoms with van der Waals surface area (Å²) in [5.41, 5.74) is 2.82. The van der Waals surface area contributed by atoms with Crippen molar-refractivity contribution in [2.45, 2.75) is 196 Å². The summed E-state index contributed by atoms with van der Waals surface area (Å²) in [4.78, 5) is 13.2. The Bertz CT molecular complexity index is 530. The van der Waals surface area contributed by atoms with Gasteiger partial charge < -0.3 is 0 Å². The third-order valence-corrected chi connectivity index (χ3v) is 7.95. The fourth-order valence-electron chi connectivity index (χ4n) is 5.43. The van der Waals surface area contributed by atoms with E-state index in [9.17, 15) is 4.79 Å². The van der Waals surface area contributed by atoms with Crippen LogP contribution in [0.1, 0.15) is 196 Å². The number of unbranched alkanes of at least 4 members (excludes halogenated alkanes) is 14. The molecular weight excluding hydrogens is 460 g/mol. The molecule has 0 aromatic carbocycles. The number of rotatable bonds is 28. The highest BCUT2D eigenvalue weighted by molar-refractivity contribution is 6.00. The molecule has 0 rings (SSSR count). The van der Waals surface area contributed by atoms with Crippen LogP contribution in [0.5, 0.6) is 0 Å². The summed E-state index contributed by atoms with van der Waals surface area (Å²) >= 11 is 0. The van der Waals surface area contributed by atoms with Gasteiger partial charge in [-0.1, -0.05) is 155 Å². The second-order valence-electron chi connectivity index (χ2n) is 13.0. The zero-order chi connectivity index (χ0) is 28.3. The molecule has 0 amide bonds. The van der Waals surface area contributed by atoms with E-state index in [1.54, 1.807) is 0 Å². The van der Waals surface area contributed by atoms with Crippen LogP contribution in [0.3, 0.4) is 0 Å². The second kappa shape index (κ2) is 27.7. The molecule has 0 aliphatic carbocycles. The van der Waals surface area contributed by atoms with Crippen molar-refractivity contribution >= 4 is 5.78 Å². The Kier molecular flexibility index (Phi) is 27.1. The van der Waals surface area contributed by atoms with Crippen molar-refractivity contribution < 1.29 is 4.79 Å². The first-order chi connectivity index (χ1) is 18.4. The maximum Gasteiger partial charge on any atom is 0.178 e. The first-order valence-electron chi connectivity index (χ1n) is 17.3. The minimum absolute atomic E-state index is 0.267. The van der Waals surface area contributed by atoms with Crippen molar-refractivity contribution in [1.29, 1.82) is 0 Å². The van der Waals surface area contributed by atoms with Crippen LogP contribution >= 0.6 is 0 Å². The molecule has 38 heavy (non-hydrogen) atoms. The van der Waals surface area contributed by atoms with Gasteiger partial charge in [-0.2, -0.15) is 0 Å². The molecule has 0 N–H and O–H groups in total. The van der Waals surface area contributed by atoms with Crippen LogP contribution in [0, 0.1) is 11.8 Å². The minimum Gasteiger partial charge on any atom is -0.290 e. The fourth-order valence-corrected chi connectivity index (χ4v) is 5.43. The number of carbonyl (C=O) groups is 1. The molecule has 0 spiro atoms. The van der Waals surface area contributed by atoms with Crippen LogP contribution in [0.25, 0.3) is 0 Å². The summed E-state index contributed by atoms with van der Waals surface area (Å²) < 4.78 is 0. The Morgan fingerprint density at radius 3 is 1.05 bits per heavy atom. The van der Waals surface area contributed by atoms with Gasteiger partial charge in [-0.05, 0) is 75.4 Å². The summed E-state index contributed by atoms with van der Waals surface area (Å²) in [6.45, 7) is 13.8. The topological polar surface area (TPSA) is 17.1 Å². The highest BCUT2D eigenvalue weighted by Gasteiger charge is 2.07. The highest BCUT2D eigenvalue weighted by atomic mass is 16.1. The molecular formula is C37H70O. The summed E-state index contributed by atoms with van der Waals surface area (Å²) in [5.74, 6) is 1.76.